The van der Waals surface area contributed by atoms with Crippen molar-refractivity contribution in [1.29, 1.82) is 0 Å². The Kier molecular flexibility index (Phi) is 9.90. The normalized spacial score (nSPS) is 23.8. The highest BCUT2D eigenvalue weighted by molar-refractivity contribution is 7.86. The number of piperidine rings is 1. The number of amides is 2. The number of alkyl halides is 3. The summed E-state index contributed by atoms with van der Waals surface area (Å²) < 4.78 is 66.9. The van der Waals surface area contributed by atoms with Gasteiger partial charge in [0.1, 0.15) is 0 Å². The highest BCUT2D eigenvalue weighted by atomic mass is 35.5. The molecule has 0 N–H and O–H groups in total. The summed E-state index contributed by atoms with van der Waals surface area (Å²) in [5.41, 5.74) is 2.60. The second kappa shape index (κ2) is 13.2. The molecule has 2 heterocycles. The van der Waals surface area contributed by atoms with Crippen LogP contribution in [0.2, 0.25) is 10.0 Å². The van der Waals surface area contributed by atoms with E-state index in [-0.39, 0.29) is 55.8 Å². The van der Waals surface area contributed by atoms with Gasteiger partial charge in [-0.05, 0) is 92.3 Å². The standard InChI is InChI=1S/C31H35Cl2F3N2O5S/c1-44(41,42)43-25-8-6-24(7-9-25)38-15-10-21(30(38)40)16-26-27(32)17-22(18-28(26)33)19-2-4-20(5-3-19)29(39)37-13-11-23(12-14-37)31(34,35)36/h2-5,17-18,21,23-25H,6-16H2,1H3/t21-,24?,25?/m0/s1. The molecule has 2 amide bonds. The molecule has 0 radical (unpaired) electrons. The molecule has 3 fully saturated rings. The van der Waals surface area contributed by atoms with Crippen LogP contribution < -0.4 is 0 Å². The third-order valence-corrected chi connectivity index (χ3v) is 10.3. The number of carbonyl (C=O) groups is 2. The second-order valence-corrected chi connectivity index (χ2v) is 14.5. The highest BCUT2D eigenvalue weighted by Crippen LogP contribution is 2.38. The van der Waals surface area contributed by atoms with Crippen LogP contribution in [0.25, 0.3) is 11.1 Å². The molecule has 2 saturated heterocycles. The summed E-state index contributed by atoms with van der Waals surface area (Å²) in [4.78, 5) is 29.6. The van der Waals surface area contributed by atoms with Gasteiger partial charge in [-0.25, -0.2) is 0 Å². The maximum absolute atomic E-state index is 13.3. The zero-order valence-electron chi connectivity index (χ0n) is 24.3. The van der Waals surface area contributed by atoms with E-state index in [0.29, 0.717) is 66.2 Å². The minimum Gasteiger partial charge on any atom is -0.339 e. The highest BCUT2D eigenvalue weighted by Gasteiger charge is 2.42. The number of hydrogen-bond acceptors (Lipinski definition) is 5. The van der Waals surface area contributed by atoms with Crippen LogP contribution >= 0.6 is 23.2 Å². The Morgan fingerprint density at radius 1 is 0.909 bits per heavy atom. The minimum atomic E-state index is -4.23. The Labute approximate surface area is 265 Å². The first-order chi connectivity index (χ1) is 20.7. The molecule has 2 aromatic rings. The number of hydrogen-bond donors (Lipinski definition) is 0. The van der Waals surface area contributed by atoms with Gasteiger partial charge in [0.25, 0.3) is 16.0 Å². The van der Waals surface area contributed by atoms with Crippen molar-refractivity contribution in [3.05, 3.63) is 57.6 Å². The maximum atomic E-state index is 13.3. The van der Waals surface area contributed by atoms with E-state index in [1.807, 2.05) is 4.90 Å². The topological polar surface area (TPSA) is 84.0 Å². The molecule has 2 aliphatic heterocycles. The van der Waals surface area contributed by atoms with Gasteiger partial charge in [0.15, 0.2) is 0 Å². The smallest absolute Gasteiger partial charge is 0.339 e. The molecule has 44 heavy (non-hydrogen) atoms. The van der Waals surface area contributed by atoms with Crippen LogP contribution in [0.5, 0.6) is 0 Å². The van der Waals surface area contributed by atoms with Crippen molar-refractivity contribution in [1.82, 2.24) is 9.80 Å². The molecule has 13 heteroatoms. The largest absolute Gasteiger partial charge is 0.391 e. The van der Waals surface area contributed by atoms with Gasteiger partial charge in [-0.1, -0.05) is 35.3 Å². The average Bonchev–Trinajstić information content (AvgIpc) is 3.33. The molecule has 0 unspecified atom stereocenters. The van der Waals surface area contributed by atoms with Gasteiger partial charge < -0.3 is 9.80 Å². The summed E-state index contributed by atoms with van der Waals surface area (Å²) in [5, 5.41) is 0.870. The molecular formula is C31H35Cl2F3N2O5S. The zero-order chi connectivity index (χ0) is 31.8. The first-order valence-corrected chi connectivity index (χ1v) is 17.4. The Morgan fingerprint density at radius 2 is 1.50 bits per heavy atom. The Hall–Kier alpha value is -2.34. The van der Waals surface area contributed by atoms with Crippen molar-refractivity contribution < 1.29 is 35.4 Å². The van der Waals surface area contributed by atoms with Crippen LogP contribution in [0.4, 0.5) is 13.2 Å². The van der Waals surface area contributed by atoms with E-state index >= 15 is 0 Å². The van der Waals surface area contributed by atoms with Gasteiger partial charge in [0, 0.05) is 47.2 Å². The molecule has 0 bridgehead atoms. The van der Waals surface area contributed by atoms with Gasteiger partial charge in [-0.2, -0.15) is 21.6 Å². The van der Waals surface area contributed by atoms with Crippen molar-refractivity contribution in [2.75, 3.05) is 25.9 Å². The third-order valence-electron chi connectivity index (χ3n) is 9.05. The van der Waals surface area contributed by atoms with Crippen LogP contribution in [0, 0.1) is 11.8 Å². The van der Waals surface area contributed by atoms with Gasteiger partial charge in [-0.15, -0.1) is 0 Å². The van der Waals surface area contributed by atoms with Gasteiger partial charge >= 0.3 is 6.18 Å². The maximum Gasteiger partial charge on any atom is 0.391 e. The predicted octanol–water partition coefficient (Wildman–Crippen LogP) is 6.75. The third kappa shape index (κ3) is 7.71. The summed E-state index contributed by atoms with van der Waals surface area (Å²) in [6.45, 7) is 0.769. The Morgan fingerprint density at radius 3 is 2.05 bits per heavy atom. The summed E-state index contributed by atoms with van der Waals surface area (Å²) in [5.74, 6) is -1.87. The lowest BCUT2D eigenvalue weighted by atomic mass is 9.92. The molecule has 1 atom stereocenters. The fourth-order valence-corrected chi connectivity index (χ4v) is 7.95. The number of likely N-dealkylation sites (tertiary alicyclic amines) is 2. The van der Waals surface area contributed by atoms with Gasteiger partial charge in [0.05, 0.1) is 18.3 Å². The number of carbonyl (C=O) groups excluding carboxylic acids is 2. The number of rotatable bonds is 7. The molecule has 1 saturated carbocycles. The van der Waals surface area contributed by atoms with E-state index < -0.39 is 22.2 Å². The molecule has 3 aliphatic rings. The van der Waals surface area contributed by atoms with Crippen molar-refractivity contribution >= 4 is 45.1 Å². The molecule has 7 nitrogen and oxygen atoms in total. The summed E-state index contributed by atoms with van der Waals surface area (Å²) in [7, 11) is -3.51. The number of nitrogens with zero attached hydrogens (tertiary/aromatic N) is 2. The fraction of sp³-hybridized carbons (Fsp3) is 0.548. The Bertz CT molecular complexity index is 1460. The predicted molar refractivity (Wildman–Crippen MR) is 162 cm³/mol. The van der Waals surface area contributed by atoms with E-state index in [1.165, 1.54) is 4.90 Å². The summed E-state index contributed by atoms with van der Waals surface area (Å²) in [6.07, 6.45) is -0.0827. The molecule has 1 aliphatic carbocycles. The van der Waals surface area contributed by atoms with Crippen LogP contribution in [0.15, 0.2) is 36.4 Å². The van der Waals surface area contributed by atoms with Crippen LogP contribution in [0.1, 0.15) is 60.9 Å². The second-order valence-electron chi connectivity index (χ2n) is 12.1. The Balaban J connectivity index is 1.19. The lowest BCUT2D eigenvalue weighted by Gasteiger charge is -2.34. The van der Waals surface area contributed by atoms with Gasteiger partial charge in [-0.3, -0.25) is 13.8 Å². The van der Waals surface area contributed by atoms with Crippen molar-refractivity contribution in [3.63, 3.8) is 0 Å². The number of benzene rings is 2. The van der Waals surface area contributed by atoms with E-state index in [9.17, 15) is 31.2 Å². The molecule has 5 rings (SSSR count). The molecule has 2 aromatic carbocycles. The molecule has 240 valence electrons. The van der Waals surface area contributed by atoms with Crippen molar-refractivity contribution in [2.24, 2.45) is 11.8 Å². The van der Waals surface area contributed by atoms with Crippen LogP contribution in [0.3, 0.4) is 0 Å². The minimum absolute atomic E-state index is 0.0524. The van der Waals surface area contributed by atoms with E-state index in [2.05, 4.69) is 0 Å². The van der Waals surface area contributed by atoms with Crippen LogP contribution in [-0.2, 0) is 25.5 Å². The molecule has 0 aromatic heterocycles. The molecule has 0 spiro atoms. The van der Waals surface area contributed by atoms with Gasteiger partial charge in [0.2, 0.25) is 5.91 Å². The SMILES string of the molecule is CS(=O)(=O)OC1CCC(N2CC[C@@H](Cc3c(Cl)cc(-c4ccc(C(=O)N5CCC(C(F)(F)F)CC5)cc4)cc3Cl)C2=O)CC1. The zero-order valence-corrected chi connectivity index (χ0v) is 26.6. The lowest BCUT2D eigenvalue weighted by Crippen LogP contribution is -2.42. The van der Waals surface area contributed by atoms with E-state index in [0.717, 1.165) is 17.4 Å². The van der Waals surface area contributed by atoms with Crippen molar-refractivity contribution in [2.45, 2.75) is 69.7 Å². The average molecular weight is 676 g/mol. The van der Waals surface area contributed by atoms with E-state index in [4.69, 9.17) is 27.4 Å². The molecular weight excluding hydrogens is 640 g/mol. The first-order valence-electron chi connectivity index (χ1n) is 14.8. The van der Waals surface area contributed by atoms with Crippen LogP contribution in [-0.4, -0.2) is 74.2 Å². The first kappa shape index (κ1) is 33.0. The van der Waals surface area contributed by atoms with Crippen molar-refractivity contribution in [3.8, 4) is 11.1 Å². The van der Waals surface area contributed by atoms with E-state index in [1.54, 1.807) is 36.4 Å². The lowest BCUT2D eigenvalue weighted by molar-refractivity contribution is -0.183. The number of halogens is 5. The summed E-state index contributed by atoms with van der Waals surface area (Å²) >= 11 is 13.4. The quantitative estimate of drug-likeness (QED) is 0.303. The summed E-state index contributed by atoms with van der Waals surface area (Å²) in [6, 6.07) is 10.4. The monoisotopic (exact) mass is 674 g/mol. The fourth-order valence-electron chi connectivity index (χ4n) is 6.62.